The molecule has 1 heterocycles. The number of morpholine rings is 1. The zero-order valence-electron chi connectivity index (χ0n) is 18.2. The normalized spacial score (nSPS) is 14.5. The highest BCUT2D eigenvalue weighted by Gasteiger charge is 2.15. The van der Waals surface area contributed by atoms with Crippen LogP contribution in [0.5, 0.6) is 0 Å². The average Bonchev–Trinajstić information content (AvgIpc) is 2.84. The van der Waals surface area contributed by atoms with E-state index in [4.69, 9.17) is 4.74 Å². The van der Waals surface area contributed by atoms with Crippen molar-refractivity contribution in [1.29, 1.82) is 0 Å². The van der Waals surface area contributed by atoms with Crippen LogP contribution >= 0.6 is 0 Å². The third kappa shape index (κ3) is 6.41. The van der Waals surface area contributed by atoms with Crippen molar-refractivity contribution in [3.05, 3.63) is 95.6 Å². The Morgan fingerprint density at radius 2 is 1.58 bits per heavy atom. The third-order valence-corrected chi connectivity index (χ3v) is 6.81. The fourth-order valence-electron chi connectivity index (χ4n) is 3.60. The number of amides is 1. The van der Waals surface area contributed by atoms with Crippen LogP contribution in [0.4, 0.5) is 5.69 Å². The lowest BCUT2D eigenvalue weighted by Crippen LogP contribution is -2.35. The first-order chi connectivity index (χ1) is 16.0. The Kier molecular flexibility index (Phi) is 7.39. The lowest BCUT2D eigenvalue weighted by atomic mass is 10.1. The molecule has 0 radical (unpaired) electrons. The number of anilines is 1. The largest absolute Gasteiger partial charge is 0.379 e. The van der Waals surface area contributed by atoms with Gasteiger partial charge < -0.3 is 10.1 Å². The van der Waals surface area contributed by atoms with Gasteiger partial charge in [0.05, 0.1) is 18.1 Å². The van der Waals surface area contributed by atoms with Crippen molar-refractivity contribution in [2.24, 2.45) is 0 Å². The van der Waals surface area contributed by atoms with E-state index in [1.54, 1.807) is 36.4 Å². The number of carbonyl (C=O) groups excluding carboxylic acids is 1. The van der Waals surface area contributed by atoms with Crippen molar-refractivity contribution < 1.29 is 17.9 Å². The fourth-order valence-corrected chi connectivity index (χ4v) is 4.67. The van der Waals surface area contributed by atoms with Gasteiger partial charge in [-0.05, 0) is 41.5 Å². The molecule has 0 atom stereocenters. The zero-order chi connectivity index (χ0) is 23.1. The van der Waals surface area contributed by atoms with E-state index in [0.29, 0.717) is 17.8 Å². The summed E-state index contributed by atoms with van der Waals surface area (Å²) in [5.74, 6) is -0.270. The van der Waals surface area contributed by atoms with E-state index in [9.17, 15) is 13.2 Å². The van der Waals surface area contributed by atoms with Crippen molar-refractivity contribution in [1.82, 2.24) is 10.2 Å². The zero-order valence-corrected chi connectivity index (χ0v) is 19.1. The first kappa shape index (κ1) is 23.0. The maximum atomic E-state index is 12.6. The first-order valence-electron chi connectivity index (χ1n) is 10.8. The van der Waals surface area contributed by atoms with Crippen LogP contribution in [-0.2, 0) is 27.8 Å². The second-order valence-corrected chi connectivity index (χ2v) is 9.57. The minimum atomic E-state index is -3.72. The van der Waals surface area contributed by atoms with Gasteiger partial charge in [0.25, 0.3) is 15.9 Å². The molecule has 33 heavy (non-hydrogen) atoms. The number of sulfonamides is 1. The molecule has 4 rings (SSSR count). The molecule has 1 saturated heterocycles. The van der Waals surface area contributed by atoms with Crippen molar-refractivity contribution >= 4 is 21.6 Å². The van der Waals surface area contributed by atoms with Gasteiger partial charge in [0.15, 0.2) is 0 Å². The summed E-state index contributed by atoms with van der Waals surface area (Å²) in [6, 6.07) is 22.7. The Morgan fingerprint density at radius 1 is 0.879 bits per heavy atom. The smallest absolute Gasteiger partial charge is 0.261 e. The summed E-state index contributed by atoms with van der Waals surface area (Å²) in [5.41, 5.74) is 2.94. The van der Waals surface area contributed by atoms with Crippen LogP contribution in [0.15, 0.2) is 83.8 Å². The molecule has 0 spiro atoms. The molecule has 0 aliphatic carbocycles. The quantitative estimate of drug-likeness (QED) is 0.533. The molecular weight excluding hydrogens is 438 g/mol. The van der Waals surface area contributed by atoms with E-state index in [2.05, 4.69) is 27.1 Å². The summed E-state index contributed by atoms with van der Waals surface area (Å²) in [5, 5.41) is 2.89. The van der Waals surface area contributed by atoms with E-state index < -0.39 is 10.0 Å². The lowest BCUT2D eigenvalue weighted by molar-refractivity contribution is 0.0342. The fraction of sp³-hybridized carbons (Fsp3) is 0.240. The Labute approximate surface area is 194 Å². The number of nitrogens with zero attached hydrogens (tertiary/aromatic N) is 1. The van der Waals surface area contributed by atoms with Crippen LogP contribution in [0.3, 0.4) is 0 Å². The number of ether oxygens (including phenoxy) is 1. The minimum absolute atomic E-state index is 0.164. The van der Waals surface area contributed by atoms with Gasteiger partial charge in [-0.1, -0.05) is 48.5 Å². The number of hydrogen-bond donors (Lipinski definition) is 2. The van der Waals surface area contributed by atoms with Crippen LogP contribution < -0.4 is 10.0 Å². The van der Waals surface area contributed by atoms with Crippen molar-refractivity contribution in [2.45, 2.75) is 18.0 Å². The minimum Gasteiger partial charge on any atom is -0.379 e. The van der Waals surface area contributed by atoms with Gasteiger partial charge in [0.2, 0.25) is 0 Å². The second-order valence-electron chi connectivity index (χ2n) is 7.89. The highest BCUT2D eigenvalue weighted by molar-refractivity contribution is 7.92. The van der Waals surface area contributed by atoms with E-state index in [-0.39, 0.29) is 10.8 Å². The van der Waals surface area contributed by atoms with Crippen LogP contribution in [0.25, 0.3) is 0 Å². The van der Waals surface area contributed by atoms with Crippen molar-refractivity contribution in [3.8, 4) is 0 Å². The number of nitrogens with one attached hydrogen (secondary N) is 2. The summed E-state index contributed by atoms with van der Waals surface area (Å²) in [7, 11) is -3.72. The van der Waals surface area contributed by atoms with Gasteiger partial charge in [-0.2, -0.15) is 0 Å². The topological polar surface area (TPSA) is 87.7 Å². The van der Waals surface area contributed by atoms with Crippen molar-refractivity contribution in [3.63, 3.8) is 0 Å². The van der Waals surface area contributed by atoms with Gasteiger partial charge in [0, 0.05) is 37.4 Å². The molecular formula is C25H27N3O4S. The average molecular weight is 466 g/mol. The predicted octanol–water partition coefficient (Wildman–Crippen LogP) is 3.25. The maximum Gasteiger partial charge on any atom is 0.261 e. The molecule has 172 valence electrons. The molecule has 1 aliphatic heterocycles. The van der Waals surface area contributed by atoms with E-state index in [1.165, 1.54) is 23.8 Å². The molecule has 0 aromatic heterocycles. The summed E-state index contributed by atoms with van der Waals surface area (Å²) in [6.45, 7) is 4.72. The molecule has 0 bridgehead atoms. The first-order valence-corrected chi connectivity index (χ1v) is 12.3. The van der Waals surface area contributed by atoms with E-state index in [0.717, 1.165) is 38.4 Å². The number of benzene rings is 3. The Hall–Kier alpha value is -3.20. The van der Waals surface area contributed by atoms with Gasteiger partial charge in [-0.15, -0.1) is 0 Å². The lowest BCUT2D eigenvalue weighted by Gasteiger charge is -2.26. The van der Waals surface area contributed by atoms with Crippen molar-refractivity contribution in [2.75, 3.05) is 31.0 Å². The van der Waals surface area contributed by atoms with Crippen LogP contribution in [0.2, 0.25) is 0 Å². The maximum absolute atomic E-state index is 12.6. The summed E-state index contributed by atoms with van der Waals surface area (Å²) >= 11 is 0. The highest BCUT2D eigenvalue weighted by Crippen LogP contribution is 2.17. The predicted molar refractivity (Wildman–Crippen MR) is 127 cm³/mol. The molecule has 3 aromatic carbocycles. The van der Waals surface area contributed by atoms with E-state index in [1.807, 2.05) is 12.1 Å². The molecule has 3 aromatic rings. The molecule has 1 amide bonds. The number of rotatable bonds is 8. The standard InChI is InChI=1S/C25H27N3O4S/c29-25(26-18-20-9-11-21(12-10-20)19-28-13-15-32-16-14-28)22-5-4-6-23(17-22)27-33(30,31)24-7-2-1-3-8-24/h1-12,17,27H,13-16,18-19H2,(H,26,29). The molecule has 0 saturated carbocycles. The Morgan fingerprint density at radius 3 is 2.30 bits per heavy atom. The van der Waals surface area contributed by atoms with E-state index >= 15 is 0 Å². The Balaban J connectivity index is 1.33. The van der Waals surface area contributed by atoms with Crippen LogP contribution in [-0.4, -0.2) is 45.5 Å². The SMILES string of the molecule is O=C(NCc1ccc(CN2CCOCC2)cc1)c1cccc(NS(=O)(=O)c2ccccc2)c1. The Bertz CT molecular complexity index is 1180. The molecule has 8 heteroatoms. The van der Waals surface area contributed by atoms with Crippen LogP contribution in [0.1, 0.15) is 21.5 Å². The summed E-state index contributed by atoms with van der Waals surface area (Å²) < 4.78 is 33.0. The third-order valence-electron chi connectivity index (χ3n) is 5.42. The highest BCUT2D eigenvalue weighted by atomic mass is 32.2. The molecule has 0 unspecified atom stereocenters. The van der Waals surface area contributed by atoms with Gasteiger partial charge in [-0.3, -0.25) is 14.4 Å². The molecule has 1 fully saturated rings. The van der Waals surface area contributed by atoms with Crippen LogP contribution in [0, 0.1) is 0 Å². The molecule has 2 N–H and O–H groups in total. The number of hydrogen-bond acceptors (Lipinski definition) is 5. The van der Waals surface area contributed by atoms with Gasteiger partial charge >= 0.3 is 0 Å². The monoisotopic (exact) mass is 465 g/mol. The number of carbonyl (C=O) groups is 1. The molecule has 7 nitrogen and oxygen atoms in total. The van der Waals surface area contributed by atoms with Gasteiger partial charge in [-0.25, -0.2) is 8.42 Å². The second kappa shape index (κ2) is 10.6. The van der Waals surface area contributed by atoms with Gasteiger partial charge in [0.1, 0.15) is 0 Å². The molecule has 1 aliphatic rings. The summed E-state index contributed by atoms with van der Waals surface area (Å²) in [6.07, 6.45) is 0. The summed E-state index contributed by atoms with van der Waals surface area (Å²) in [4.78, 5) is 15.2.